The Balaban J connectivity index is 2.07. The molecule has 7 nitrogen and oxygen atoms in total. The summed E-state index contributed by atoms with van der Waals surface area (Å²) in [4.78, 5) is 30.6. The molecule has 0 atom stereocenters. The second kappa shape index (κ2) is 5.00. The summed E-state index contributed by atoms with van der Waals surface area (Å²) in [6, 6.07) is 0. The fraction of sp³-hybridized carbons (Fsp3) is 0.500. The highest BCUT2D eigenvalue weighted by atomic mass is 16.3. The Morgan fingerprint density at radius 2 is 2.10 bits per heavy atom. The molecule has 0 unspecified atom stereocenters. The van der Waals surface area contributed by atoms with Crippen molar-refractivity contribution in [2.45, 2.75) is 25.9 Å². The molecule has 7 heteroatoms. The Bertz CT molecular complexity index is 753. The molecule has 112 valence electrons. The van der Waals surface area contributed by atoms with Crippen molar-refractivity contribution < 1.29 is 14.3 Å². The fourth-order valence-corrected chi connectivity index (χ4v) is 2.67. The summed E-state index contributed by atoms with van der Waals surface area (Å²) in [5.74, 6) is 0.167. The van der Waals surface area contributed by atoms with E-state index in [1.54, 1.807) is 18.9 Å². The van der Waals surface area contributed by atoms with E-state index >= 15 is 0 Å². The Morgan fingerprint density at radius 3 is 2.76 bits per heavy atom. The van der Waals surface area contributed by atoms with Gasteiger partial charge in [0.15, 0.2) is 0 Å². The minimum absolute atomic E-state index is 0.191. The van der Waals surface area contributed by atoms with Gasteiger partial charge < -0.3 is 19.0 Å². The maximum Gasteiger partial charge on any atom is 0.265 e. The van der Waals surface area contributed by atoms with E-state index in [0.717, 1.165) is 0 Å². The van der Waals surface area contributed by atoms with Gasteiger partial charge in [0.1, 0.15) is 17.5 Å². The van der Waals surface area contributed by atoms with Crippen molar-refractivity contribution in [3.05, 3.63) is 28.0 Å². The van der Waals surface area contributed by atoms with Crippen LogP contribution in [0.3, 0.4) is 0 Å². The summed E-state index contributed by atoms with van der Waals surface area (Å²) in [7, 11) is 1.59. The van der Waals surface area contributed by atoms with Crippen molar-refractivity contribution in [2.24, 2.45) is 7.05 Å². The van der Waals surface area contributed by atoms with Crippen LogP contribution in [0.2, 0.25) is 0 Å². The third kappa shape index (κ3) is 2.23. The number of aromatic nitrogens is 2. The number of nitrogens with zero attached hydrogens (tertiary/aromatic N) is 3. The predicted octanol–water partition coefficient (Wildman–Crippen LogP) is 0.432. The molecular weight excluding hydrogens is 274 g/mol. The molecule has 0 bridgehead atoms. The lowest BCUT2D eigenvalue weighted by atomic mass is 10.1. The van der Waals surface area contributed by atoms with E-state index in [-0.39, 0.29) is 34.2 Å². The molecule has 1 aliphatic heterocycles. The summed E-state index contributed by atoms with van der Waals surface area (Å²) in [5, 5.41) is 9.76. The third-order valence-electron chi connectivity index (χ3n) is 3.91. The van der Waals surface area contributed by atoms with Crippen molar-refractivity contribution in [2.75, 3.05) is 13.1 Å². The van der Waals surface area contributed by atoms with E-state index < -0.39 is 0 Å². The maximum atomic E-state index is 12.7. The summed E-state index contributed by atoms with van der Waals surface area (Å²) in [6.45, 7) is 2.62. The molecule has 0 aliphatic carbocycles. The average Bonchev–Trinajstić information content (AvgIpc) is 2.80. The number of rotatable bonds is 1. The van der Waals surface area contributed by atoms with E-state index in [1.807, 2.05) is 0 Å². The minimum Gasteiger partial charge on any atom is -0.442 e. The van der Waals surface area contributed by atoms with Gasteiger partial charge in [0.05, 0.1) is 11.7 Å². The first-order valence-electron chi connectivity index (χ1n) is 6.91. The molecule has 1 saturated heterocycles. The van der Waals surface area contributed by atoms with E-state index in [2.05, 4.69) is 4.98 Å². The van der Waals surface area contributed by atoms with Crippen molar-refractivity contribution >= 4 is 17.0 Å². The molecule has 21 heavy (non-hydrogen) atoms. The largest absolute Gasteiger partial charge is 0.442 e. The van der Waals surface area contributed by atoms with Crippen LogP contribution in [0.4, 0.5) is 0 Å². The van der Waals surface area contributed by atoms with Crippen molar-refractivity contribution in [1.82, 2.24) is 14.5 Å². The van der Waals surface area contributed by atoms with Gasteiger partial charge >= 0.3 is 0 Å². The number of carbonyl (C=O) groups excluding carboxylic acids is 1. The molecule has 3 heterocycles. The van der Waals surface area contributed by atoms with Gasteiger partial charge in [-0.15, -0.1) is 0 Å². The first kappa shape index (κ1) is 13.8. The van der Waals surface area contributed by atoms with Gasteiger partial charge in [-0.3, -0.25) is 9.59 Å². The van der Waals surface area contributed by atoms with Gasteiger partial charge in [-0.25, -0.2) is 4.98 Å². The predicted molar refractivity (Wildman–Crippen MR) is 75.1 cm³/mol. The molecule has 2 aromatic heterocycles. The fourth-order valence-electron chi connectivity index (χ4n) is 2.67. The molecule has 1 N–H and O–H groups in total. The molecule has 1 fully saturated rings. The average molecular weight is 291 g/mol. The summed E-state index contributed by atoms with van der Waals surface area (Å²) < 4.78 is 6.77. The molecule has 0 spiro atoms. The molecule has 0 radical (unpaired) electrons. The lowest BCUT2D eigenvalue weighted by Gasteiger charge is -2.29. The first-order valence-corrected chi connectivity index (χ1v) is 6.91. The van der Waals surface area contributed by atoms with Crippen LogP contribution in [0, 0.1) is 6.92 Å². The monoisotopic (exact) mass is 291 g/mol. The standard InChI is InChI=1S/C14H17N3O4/c1-8-10(14(20)17-5-3-9(18)4-6-17)11-12(21-8)15-7-16(2)13(11)19/h7,9,18H,3-6H2,1-2H3. The van der Waals surface area contributed by atoms with Crippen molar-refractivity contribution in [3.63, 3.8) is 0 Å². The Labute approximate surface area is 120 Å². The zero-order valence-electron chi connectivity index (χ0n) is 12.0. The number of piperidine rings is 1. The van der Waals surface area contributed by atoms with Crippen LogP contribution < -0.4 is 5.56 Å². The topological polar surface area (TPSA) is 88.6 Å². The van der Waals surface area contributed by atoms with E-state index in [4.69, 9.17) is 4.42 Å². The van der Waals surface area contributed by atoms with Crippen LogP contribution >= 0.6 is 0 Å². The lowest BCUT2D eigenvalue weighted by molar-refractivity contribution is 0.0546. The van der Waals surface area contributed by atoms with E-state index in [9.17, 15) is 14.7 Å². The van der Waals surface area contributed by atoms with Gasteiger partial charge in [-0.1, -0.05) is 0 Å². The summed E-state index contributed by atoms with van der Waals surface area (Å²) >= 11 is 0. The van der Waals surface area contributed by atoms with Gasteiger partial charge in [0.2, 0.25) is 5.71 Å². The number of aryl methyl sites for hydroxylation is 2. The lowest BCUT2D eigenvalue weighted by Crippen LogP contribution is -2.40. The van der Waals surface area contributed by atoms with Crippen LogP contribution in [-0.2, 0) is 7.05 Å². The normalized spacial score (nSPS) is 16.6. The van der Waals surface area contributed by atoms with Crippen LogP contribution in [0.25, 0.3) is 11.1 Å². The highest BCUT2D eigenvalue weighted by Crippen LogP contribution is 2.24. The number of likely N-dealkylation sites (tertiary alicyclic amines) is 1. The number of hydrogen-bond donors (Lipinski definition) is 1. The highest BCUT2D eigenvalue weighted by molar-refractivity contribution is 6.06. The smallest absolute Gasteiger partial charge is 0.265 e. The van der Waals surface area contributed by atoms with Crippen LogP contribution in [0.15, 0.2) is 15.5 Å². The molecule has 1 amide bonds. The zero-order valence-corrected chi connectivity index (χ0v) is 12.0. The Morgan fingerprint density at radius 1 is 1.43 bits per heavy atom. The van der Waals surface area contributed by atoms with Gasteiger partial charge in [-0.05, 0) is 19.8 Å². The first-order chi connectivity index (χ1) is 9.99. The summed E-state index contributed by atoms with van der Waals surface area (Å²) in [5.41, 5.74) is 0.184. The van der Waals surface area contributed by atoms with E-state index in [1.165, 1.54) is 10.9 Å². The second-order valence-electron chi connectivity index (χ2n) is 5.40. The van der Waals surface area contributed by atoms with Crippen molar-refractivity contribution in [1.29, 1.82) is 0 Å². The molecular formula is C14H17N3O4. The molecule has 0 aromatic carbocycles. The van der Waals surface area contributed by atoms with Crippen LogP contribution in [-0.4, -0.2) is 44.7 Å². The Kier molecular flexibility index (Phi) is 3.29. The third-order valence-corrected chi connectivity index (χ3v) is 3.91. The number of carbonyl (C=O) groups is 1. The number of amides is 1. The summed E-state index contributed by atoms with van der Waals surface area (Å²) in [6.07, 6.45) is 2.12. The second-order valence-corrected chi connectivity index (χ2v) is 5.40. The SMILES string of the molecule is Cc1oc2ncn(C)c(=O)c2c1C(=O)N1CCC(O)CC1. The van der Waals surface area contributed by atoms with Crippen LogP contribution in [0.1, 0.15) is 29.0 Å². The van der Waals surface area contributed by atoms with Gasteiger partial charge in [-0.2, -0.15) is 0 Å². The van der Waals surface area contributed by atoms with Crippen LogP contribution in [0.5, 0.6) is 0 Å². The van der Waals surface area contributed by atoms with Gasteiger partial charge in [0, 0.05) is 20.1 Å². The quantitative estimate of drug-likeness (QED) is 0.823. The molecule has 2 aromatic rings. The number of hydrogen-bond acceptors (Lipinski definition) is 5. The number of aliphatic hydroxyl groups excluding tert-OH is 1. The highest BCUT2D eigenvalue weighted by Gasteiger charge is 2.28. The van der Waals surface area contributed by atoms with Gasteiger partial charge in [0.25, 0.3) is 11.5 Å². The number of fused-ring (bicyclic) bond motifs is 1. The zero-order chi connectivity index (χ0) is 15.1. The number of furan rings is 1. The molecule has 1 aliphatic rings. The van der Waals surface area contributed by atoms with E-state index in [0.29, 0.717) is 31.7 Å². The molecule has 3 rings (SSSR count). The van der Waals surface area contributed by atoms with Crippen molar-refractivity contribution in [3.8, 4) is 0 Å². The molecule has 0 saturated carbocycles. The minimum atomic E-state index is -0.356. The number of aliphatic hydroxyl groups is 1. The maximum absolute atomic E-state index is 12.7. The Hall–Kier alpha value is -2.15.